The van der Waals surface area contributed by atoms with E-state index >= 15 is 0 Å². The molecule has 1 unspecified atom stereocenters. The van der Waals surface area contributed by atoms with Crippen LogP contribution in [-0.4, -0.2) is 46.3 Å². The Hall–Kier alpha value is -2.53. The number of amides is 2. The van der Waals surface area contributed by atoms with E-state index in [0.29, 0.717) is 19.6 Å². The number of aliphatic hydroxyl groups excluding tert-OH is 1. The van der Waals surface area contributed by atoms with Crippen molar-refractivity contribution in [2.24, 2.45) is 0 Å². The summed E-state index contributed by atoms with van der Waals surface area (Å²) in [5, 5.41) is 15.8. The van der Waals surface area contributed by atoms with E-state index in [2.05, 4.69) is 34.1 Å². The molecular formula is C19H21N3O2. The Labute approximate surface area is 140 Å². The number of aliphatic hydroxyl groups is 1. The number of carbonyl (C=O) groups excluding carboxylic acids is 1. The van der Waals surface area contributed by atoms with Gasteiger partial charge in [-0.05, 0) is 18.6 Å². The van der Waals surface area contributed by atoms with E-state index < -0.39 is 6.10 Å². The number of urea groups is 1. The molecule has 5 heteroatoms. The van der Waals surface area contributed by atoms with E-state index in [1.807, 2.05) is 24.3 Å². The fourth-order valence-corrected chi connectivity index (χ4v) is 3.58. The molecule has 4 rings (SSSR count). The summed E-state index contributed by atoms with van der Waals surface area (Å²) in [5.74, 6) is 0. The van der Waals surface area contributed by atoms with Gasteiger partial charge in [0.15, 0.2) is 0 Å². The highest BCUT2D eigenvalue weighted by Gasteiger charge is 2.21. The molecule has 5 nitrogen and oxygen atoms in total. The largest absolute Gasteiger partial charge is 0.389 e. The zero-order valence-corrected chi connectivity index (χ0v) is 13.5. The van der Waals surface area contributed by atoms with Crippen molar-refractivity contribution in [3.05, 3.63) is 48.5 Å². The molecule has 2 aromatic carbocycles. The van der Waals surface area contributed by atoms with E-state index in [-0.39, 0.29) is 6.03 Å². The van der Waals surface area contributed by atoms with Crippen molar-refractivity contribution in [2.45, 2.75) is 19.1 Å². The van der Waals surface area contributed by atoms with E-state index in [0.717, 1.165) is 24.0 Å². The number of rotatable bonds is 4. The van der Waals surface area contributed by atoms with Crippen molar-refractivity contribution in [2.75, 3.05) is 19.6 Å². The van der Waals surface area contributed by atoms with Gasteiger partial charge in [0, 0.05) is 34.9 Å². The fourth-order valence-electron chi connectivity index (χ4n) is 3.58. The van der Waals surface area contributed by atoms with Gasteiger partial charge in [-0.2, -0.15) is 0 Å². The third kappa shape index (κ3) is 2.61. The minimum atomic E-state index is -0.604. The average molecular weight is 323 g/mol. The first-order valence-electron chi connectivity index (χ1n) is 8.41. The number of carbonyl (C=O) groups is 1. The number of para-hydroxylation sites is 2. The smallest absolute Gasteiger partial charge is 0.317 e. The van der Waals surface area contributed by atoms with Gasteiger partial charge in [-0.3, -0.25) is 0 Å². The molecule has 3 aromatic rings. The van der Waals surface area contributed by atoms with Gasteiger partial charge in [0.05, 0.1) is 19.2 Å². The minimum absolute atomic E-state index is 0.0810. The van der Waals surface area contributed by atoms with Crippen LogP contribution in [0, 0.1) is 0 Å². The number of fused-ring (bicyclic) bond motifs is 3. The van der Waals surface area contributed by atoms with Crippen molar-refractivity contribution in [1.82, 2.24) is 14.8 Å². The Kier molecular flexibility index (Phi) is 3.86. The lowest BCUT2D eigenvalue weighted by atomic mass is 10.2. The lowest BCUT2D eigenvalue weighted by molar-refractivity contribution is 0.103. The van der Waals surface area contributed by atoms with Crippen molar-refractivity contribution in [3.63, 3.8) is 0 Å². The molecule has 1 saturated heterocycles. The fraction of sp³-hybridized carbons (Fsp3) is 0.316. The van der Waals surface area contributed by atoms with Gasteiger partial charge in [-0.15, -0.1) is 0 Å². The molecule has 0 spiro atoms. The molecule has 1 aliphatic rings. The van der Waals surface area contributed by atoms with Crippen LogP contribution >= 0.6 is 0 Å². The van der Waals surface area contributed by atoms with Crippen LogP contribution in [0.1, 0.15) is 6.42 Å². The Balaban J connectivity index is 1.64. The van der Waals surface area contributed by atoms with Crippen LogP contribution in [0.2, 0.25) is 0 Å². The van der Waals surface area contributed by atoms with Gasteiger partial charge in [0.2, 0.25) is 0 Å². The number of nitrogens with one attached hydrogen (secondary N) is 1. The molecule has 1 fully saturated rings. The molecule has 1 aliphatic heterocycles. The molecule has 1 aromatic heterocycles. The zero-order valence-electron chi connectivity index (χ0n) is 13.5. The number of aromatic nitrogens is 1. The van der Waals surface area contributed by atoms with Gasteiger partial charge in [-0.25, -0.2) is 4.79 Å². The summed E-state index contributed by atoms with van der Waals surface area (Å²) in [6.07, 6.45) is 0.321. The van der Waals surface area contributed by atoms with E-state index in [1.165, 1.54) is 10.8 Å². The zero-order chi connectivity index (χ0) is 16.5. The maximum atomic E-state index is 11.9. The topological polar surface area (TPSA) is 57.5 Å². The van der Waals surface area contributed by atoms with E-state index in [4.69, 9.17) is 0 Å². The van der Waals surface area contributed by atoms with Crippen LogP contribution in [0.5, 0.6) is 0 Å². The average Bonchev–Trinajstić information content (AvgIpc) is 2.92. The van der Waals surface area contributed by atoms with Gasteiger partial charge in [0.1, 0.15) is 0 Å². The van der Waals surface area contributed by atoms with Crippen molar-refractivity contribution >= 4 is 27.8 Å². The third-order valence-electron chi connectivity index (χ3n) is 4.67. The lowest BCUT2D eigenvalue weighted by Gasteiger charge is -2.29. The van der Waals surface area contributed by atoms with Crippen LogP contribution in [0.3, 0.4) is 0 Å². The van der Waals surface area contributed by atoms with Crippen LogP contribution in [0.4, 0.5) is 4.79 Å². The van der Waals surface area contributed by atoms with Gasteiger partial charge >= 0.3 is 6.03 Å². The van der Waals surface area contributed by atoms with Crippen molar-refractivity contribution in [1.29, 1.82) is 0 Å². The van der Waals surface area contributed by atoms with Gasteiger partial charge < -0.3 is 19.9 Å². The second-order valence-electron chi connectivity index (χ2n) is 6.33. The molecule has 0 radical (unpaired) electrons. The van der Waals surface area contributed by atoms with E-state index in [1.54, 1.807) is 4.90 Å². The van der Waals surface area contributed by atoms with Crippen LogP contribution in [0.25, 0.3) is 21.8 Å². The summed E-state index contributed by atoms with van der Waals surface area (Å²) in [7, 11) is 0. The SMILES string of the molecule is O=C1NCCCN1CC(O)Cn1c2ccccc2c2ccccc21. The van der Waals surface area contributed by atoms with Crippen LogP contribution in [0.15, 0.2) is 48.5 Å². The minimum Gasteiger partial charge on any atom is -0.389 e. The Bertz CT molecular complexity index is 833. The van der Waals surface area contributed by atoms with Crippen LogP contribution < -0.4 is 5.32 Å². The summed E-state index contributed by atoms with van der Waals surface area (Å²) in [5.41, 5.74) is 2.22. The summed E-state index contributed by atoms with van der Waals surface area (Å²) >= 11 is 0. The standard InChI is InChI=1S/C19H21N3O2/c23-14(12-21-11-5-10-20-19(21)24)13-22-17-8-3-1-6-15(17)16-7-2-4-9-18(16)22/h1-4,6-9,14,23H,5,10-13H2,(H,20,24). The normalized spacial score (nSPS) is 16.5. The number of β-amino-alcohol motifs (C(OH)–C–C–N with tert-alkyl or cyclic N) is 1. The lowest BCUT2D eigenvalue weighted by Crippen LogP contribution is -2.49. The van der Waals surface area contributed by atoms with Gasteiger partial charge in [-0.1, -0.05) is 36.4 Å². The number of hydrogen-bond donors (Lipinski definition) is 2. The quantitative estimate of drug-likeness (QED) is 0.775. The molecule has 2 heterocycles. The number of benzene rings is 2. The molecule has 0 saturated carbocycles. The highest BCUT2D eigenvalue weighted by molar-refractivity contribution is 6.07. The van der Waals surface area contributed by atoms with Crippen molar-refractivity contribution < 1.29 is 9.90 Å². The number of nitrogens with zero attached hydrogens (tertiary/aromatic N) is 2. The Morgan fingerprint density at radius 2 is 1.62 bits per heavy atom. The first-order valence-corrected chi connectivity index (χ1v) is 8.41. The van der Waals surface area contributed by atoms with E-state index in [9.17, 15) is 9.90 Å². The molecule has 0 aliphatic carbocycles. The molecule has 1 atom stereocenters. The number of hydrogen-bond acceptors (Lipinski definition) is 2. The molecule has 2 amide bonds. The first-order chi connectivity index (χ1) is 11.7. The van der Waals surface area contributed by atoms with Gasteiger partial charge in [0.25, 0.3) is 0 Å². The predicted octanol–water partition coefficient (Wildman–Crippen LogP) is 2.57. The highest BCUT2D eigenvalue weighted by Crippen LogP contribution is 2.28. The summed E-state index contributed by atoms with van der Waals surface area (Å²) < 4.78 is 2.15. The Morgan fingerprint density at radius 1 is 1.00 bits per heavy atom. The second-order valence-corrected chi connectivity index (χ2v) is 6.33. The predicted molar refractivity (Wildman–Crippen MR) is 95.0 cm³/mol. The molecule has 24 heavy (non-hydrogen) atoms. The molecule has 124 valence electrons. The molecule has 2 N–H and O–H groups in total. The second kappa shape index (κ2) is 6.17. The maximum Gasteiger partial charge on any atom is 0.317 e. The summed E-state index contributed by atoms with van der Waals surface area (Å²) in [6, 6.07) is 16.4. The summed E-state index contributed by atoms with van der Waals surface area (Å²) in [4.78, 5) is 13.6. The monoisotopic (exact) mass is 323 g/mol. The maximum absolute atomic E-state index is 11.9. The Morgan fingerprint density at radius 3 is 2.25 bits per heavy atom. The molecular weight excluding hydrogens is 302 g/mol. The van der Waals surface area contributed by atoms with Crippen molar-refractivity contribution in [3.8, 4) is 0 Å². The summed E-state index contributed by atoms with van der Waals surface area (Å²) in [6.45, 7) is 2.25. The van der Waals surface area contributed by atoms with Crippen LogP contribution in [-0.2, 0) is 6.54 Å². The first kappa shape index (κ1) is 15.0. The third-order valence-corrected chi connectivity index (χ3v) is 4.67. The molecule has 0 bridgehead atoms. The highest BCUT2D eigenvalue weighted by atomic mass is 16.3.